The van der Waals surface area contributed by atoms with E-state index in [-0.39, 0.29) is 5.69 Å². The van der Waals surface area contributed by atoms with Crippen molar-refractivity contribution in [2.24, 2.45) is 0 Å². The summed E-state index contributed by atoms with van der Waals surface area (Å²) in [5, 5.41) is 11.4. The molecule has 0 aliphatic heterocycles. The van der Waals surface area contributed by atoms with Gasteiger partial charge in [0.15, 0.2) is 4.34 Å². The fourth-order valence-electron chi connectivity index (χ4n) is 1.61. The quantitative estimate of drug-likeness (QED) is 0.531. The van der Waals surface area contributed by atoms with Crippen LogP contribution in [0.4, 0.5) is 13.2 Å². The first-order chi connectivity index (χ1) is 10.8. The minimum Gasteiger partial charge on any atom is -0.221 e. The zero-order chi connectivity index (χ0) is 16.6. The largest absolute Gasteiger partial charge is 0.416 e. The van der Waals surface area contributed by atoms with E-state index in [1.54, 1.807) is 0 Å². The van der Waals surface area contributed by atoms with Crippen LogP contribution in [0.2, 0.25) is 0 Å². The van der Waals surface area contributed by atoms with Crippen molar-refractivity contribution >= 4 is 55.0 Å². The lowest BCUT2D eigenvalue weighted by molar-refractivity contribution is -0.137. The van der Waals surface area contributed by atoms with Gasteiger partial charge in [0.1, 0.15) is 8.39 Å². The van der Waals surface area contributed by atoms with Crippen LogP contribution in [0.25, 0.3) is 5.69 Å². The third-order valence-corrected chi connectivity index (χ3v) is 6.64. The van der Waals surface area contributed by atoms with E-state index >= 15 is 0 Å². The normalized spacial score (nSPS) is 11.9. The third kappa shape index (κ3) is 3.75. The summed E-state index contributed by atoms with van der Waals surface area (Å²) in [5.41, 5.74) is -0.539. The minimum atomic E-state index is -4.43. The maximum absolute atomic E-state index is 12.8. The van der Waals surface area contributed by atoms with Crippen molar-refractivity contribution < 1.29 is 13.2 Å². The zero-order valence-electron chi connectivity index (χ0n) is 10.8. The van der Waals surface area contributed by atoms with Gasteiger partial charge in [0.25, 0.3) is 0 Å². The highest BCUT2D eigenvalue weighted by Gasteiger charge is 2.30. The van der Waals surface area contributed by atoms with Crippen LogP contribution in [-0.4, -0.2) is 25.2 Å². The smallest absolute Gasteiger partial charge is 0.221 e. The molecule has 5 nitrogen and oxygen atoms in total. The molecule has 0 fully saturated rings. The molecule has 0 N–H and O–H groups in total. The fourth-order valence-corrected chi connectivity index (χ4v) is 4.79. The predicted octanol–water partition coefficient (Wildman–Crippen LogP) is 4.81. The summed E-state index contributed by atoms with van der Waals surface area (Å²) < 4.78 is 41.8. The second kappa shape index (κ2) is 6.49. The number of halogens is 5. The van der Waals surface area contributed by atoms with Gasteiger partial charge in [-0.05, 0) is 72.2 Å². The monoisotopic (exact) mass is 485 g/mol. The minimum absolute atomic E-state index is 0.224. The number of benzene rings is 1. The van der Waals surface area contributed by atoms with Gasteiger partial charge in [-0.2, -0.15) is 17.9 Å². The molecule has 1 aromatic carbocycles. The SMILES string of the molecule is FC(F)(F)c1cccc(-n2nnnc2Sc2nc(Br)c(Br)s2)c1. The van der Waals surface area contributed by atoms with Crippen LogP contribution in [0.1, 0.15) is 5.56 Å². The lowest BCUT2D eigenvalue weighted by Gasteiger charge is -2.08. The molecule has 120 valence electrons. The number of aromatic nitrogens is 5. The maximum Gasteiger partial charge on any atom is 0.416 e. The summed E-state index contributed by atoms with van der Waals surface area (Å²) in [6, 6.07) is 4.80. The van der Waals surface area contributed by atoms with Crippen LogP contribution in [-0.2, 0) is 6.18 Å². The third-order valence-electron chi connectivity index (χ3n) is 2.57. The molecular formula is C11H4Br2F3N5S2. The fraction of sp³-hybridized carbons (Fsp3) is 0.0909. The Bertz CT molecular complexity index is 829. The molecule has 0 aliphatic carbocycles. The Morgan fingerprint density at radius 1 is 1.22 bits per heavy atom. The van der Waals surface area contributed by atoms with E-state index in [4.69, 9.17) is 0 Å². The van der Waals surface area contributed by atoms with Crippen molar-refractivity contribution in [1.29, 1.82) is 0 Å². The molecule has 0 spiro atoms. The maximum atomic E-state index is 12.8. The van der Waals surface area contributed by atoms with E-state index in [2.05, 4.69) is 52.4 Å². The lowest BCUT2D eigenvalue weighted by atomic mass is 10.2. The number of nitrogens with zero attached hydrogens (tertiary/aromatic N) is 5. The second-order valence-corrected chi connectivity index (χ2v) is 8.35. The van der Waals surface area contributed by atoms with E-state index < -0.39 is 11.7 Å². The van der Waals surface area contributed by atoms with Crippen molar-refractivity contribution in [3.05, 3.63) is 38.2 Å². The van der Waals surface area contributed by atoms with Crippen LogP contribution >= 0.6 is 55.0 Å². The molecule has 2 heterocycles. The first-order valence-electron chi connectivity index (χ1n) is 5.80. The van der Waals surface area contributed by atoms with E-state index in [0.717, 1.165) is 27.7 Å². The van der Waals surface area contributed by atoms with Gasteiger partial charge in [0.05, 0.1) is 11.3 Å². The summed E-state index contributed by atoms with van der Waals surface area (Å²) in [5.74, 6) is 0. The van der Waals surface area contributed by atoms with Gasteiger partial charge in [0, 0.05) is 0 Å². The van der Waals surface area contributed by atoms with Gasteiger partial charge in [-0.25, -0.2) is 4.98 Å². The summed E-state index contributed by atoms with van der Waals surface area (Å²) in [6.07, 6.45) is -4.43. The predicted molar refractivity (Wildman–Crippen MR) is 85.8 cm³/mol. The Hall–Kier alpha value is -0.980. The molecule has 0 radical (unpaired) electrons. The van der Waals surface area contributed by atoms with E-state index in [9.17, 15) is 13.2 Å². The molecule has 2 aromatic heterocycles. The Kier molecular flexibility index (Phi) is 4.76. The molecule has 0 atom stereocenters. The molecular weight excluding hydrogens is 483 g/mol. The van der Waals surface area contributed by atoms with Crippen LogP contribution in [0.5, 0.6) is 0 Å². The number of rotatable bonds is 3. The number of hydrogen-bond donors (Lipinski definition) is 0. The number of tetrazole rings is 1. The molecule has 0 saturated carbocycles. The molecule has 3 aromatic rings. The van der Waals surface area contributed by atoms with Gasteiger partial charge in [-0.15, -0.1) is 5.10 Å². The summed E-state index contributed by atoms with van der Waals surface area (Å²) >= 11 is 9.11. The standard InChI is InChI=1S/C11H4Br2F3N5S2/c12-7-8(13)22-10(17-7)23-9-18-19-20-21(9)6-3-1-2-5(4-6)11(14,15)16/h1-4H. The first kappa shape index (κ1) is 16.9. The van der Waals surface area contributed by atoms with Crippen molar-refractivity contribution in [2.45, 2.75) is 15.7 Å². The molecule has 0 saturated heterocycles. The Balaban J connectivity index is 1.95. The first-order valence-corrected chi connectivity index (χ1v) is 9.02. The zero-order valence-corrected chi connectivity index (χ0v) is 15.6. The van der Waals surface area contributed by atoms with Gasteiger partial charge in [-0.1, -0.05) is 17.4 Å². The molecule has 0 aliphatic rings. The molecule has 0 amide bonds. The van der Waals surface area contributed by atoms with Crippen molar-refractivity contribution in [2.75, 3.05) is 0 Å². The van der Waals surface area contributed by atoms with Crippen molar-refractivity contribution in [1.82, 2.24) is 25.2 Å². The molecule has 3 rings (SSSR count). The van der Waals surface area contributed by atoms with Crippen molar-refractivity contribution in [3.63, 3.8) is 0 Å². The number of thiazole rings is 1. The van der Waals surface area contributed by atoms with Gasteiger partial charge < -0.3 is 0 Å². The lowest BCUT2D eigenvalue weighted by Crippen LogP contribution is -2.07. The van der Waals surface area contributed by atoms with Crippen molar-refractivity contribution in [3.8, 4) is 5.69 Å². The van der Waals surface area contributed by atoms with Crippen LogP contribution in [0, 0.1) is 0 Å². The van der Waals surface area contributed by atoms with Crippen LogP contribution in [0.15, 0.2) is 42.2 Å². The highest BCUT2D eigenvalue weighted by atomic mass is 79.9. The Morgan fingerprint density at radius 3 is 2.65 bits per heavy atom. The van der Waals surface area contributed by atoms with E-state index in [1.165, 1.54) is 28.2 Å². The van der Waals surface area contributed by atoms with E-state index in [0.29, 0.717) is 14.1 Å². The average molecular weight is 487 g/mol. The van der Waals surface area contributed by atoms with Gasteiger partial charge in [0.2, 0.25) is 5.16 Å². The van der Waals surface area contributed by atoms with Crippen LogP contribution in [0.3, 0.4) is 0 Å². The molecule has 23 heavy (non-hydrogen) atoms. The highest BCUT2D eigenvalue weighted by molar-refractivity contribution is 9.13. The topological polar surface area (TPSA) is 56.5 Å². The van der Waals surface area contributed by atoms with E-state index in [1.807, 2.05) is 0 Å². The van der Waals surface area contributed by atoms with Gasteiger partial charge >= 0.3 is 6.18 Å². The highest BCUT2D eigenvalue weighted by Crippen LogP contribution is 2.37. The Morgan fingerprint density at radius 2 is 2.00 bits per heavy atom. The molecule has 0 bridgehead atoms. The number of alkyl halides is 3. The molecule has 0 unspecified atom stereocenters. The van der Waals surface area contributed by atoms with Crippen LogP contribution < -0.4 is 0 Å². The Labute approximate surface area is 152 Å². The number of hydrogen-bond acceptors (Lipinski definition) is 6. The summed E-state index contributed by atoms with van der Waals surface area (Å²) in [6.45, 7) is 0. The second-order valence-electron chi connectivity index (χ2n) is 4.07. The average Bonchev–Trinajstić information content (AvgIpc) is 3.06. The summed E-state index contributed by atoms with van der Waals surface area (Å²) in [7, 11) is 0. The molecule has 12 heteroatoms. The summed E-state index contributed by atoms with van der Waals surface area (Å²) in [4.78, 5) is 4.24. The van der Waals surface area contributed by atoms with Gasteiger partial charge in [-0.3, -0.25) is 0 Å².